The Bertz CT molecular complexity index is 1060. The molecular formula is C21H21FN4O2S3. The summed E-state index contributed by atoms with van der Waals surface area (Å²) >= 11 is 4.07. The lowest BCUT2D eigenvalue weighted by molar-refractivity contribution is -0.115. The summed E-state index contributed by atoms with van der Waals surface area (Å²) in [6, 6.07) is 12.9. The minimum atomic E-state index is -0.578. The predicted octanol–water partition coefficient (Wildman–Crippen LogP) is 5.55. The van der Waals surface area contributed by atoms with Crippen molar-refractivity contribution >= 4 is 57.7 Å². The van der Waals surface area contributed by atoms with Crippen molar-refractivity contribution in [2.75, 3.05) is 16.4 Å². The van der Waals surface area contributed by atoms with Gasteiger partial charge in [-0.2, -0.15) is 9.36 Å². The maximum atomic E-state index is 13.8. The molecule has 1 atom stereocenters. The maximum Gasteiger partial charge on any atom is 0.258 e. The third-order valence-corrected chi connectivity index (χ3v) is 6.90. The molecular weight excluding hydrogens is 455 g/mol. The molecule has 31 heavy (non-hydrogen) atoms. The molecule has 6 nitrogen and oxygen atoms in total. The number of hydrogen-bond acceptors (Lipinski definition) is 7. The summed E-state index contributed by atoms with van der Waals surface area (Å²) in [7, 11) is 0. The largest absolute Gasteiger partial charge is 0.322 e. The van der Waals surface area contributed by atoms with Gasteiger partial charge in [0, 0.05) is 22.1 Å². The first-order valence-corrected chi connectivity index (χ1v) is 12.2. The van der Waals surface area contributed by atoms with Crippen LogP contribution in [0.3, 0.4) is 0 Å². The summed E-state index contributed by atoms with van der Waals surface area (Å²) in [6.07, 6.45) is 0.609. The van der Waals surface area contributed by atoms with Gasteiger partial charge in [0.05, 0.1) is 10.8 Å². The Hall–Kier alpha value is -2.43. The average molecular weight is 477 g/mol. The molecule has 10 heteroatoms. The number of anilines is 2. The van der Waals surface area contributed by atoms with Crippen LogP contribution >= 0.6 is 35.1 Å². The lowest BCUT2D eigenvalue weighted by Gasteiger charge is -2.14. The first-order chi connectivity index (χ1) is 15.0. The van der Waals surface area contributed by atoms with Gasteiger partial charge in [-0.05, 0) is 42.5 Å². The first kappa shape index (κ1) is 23.2. The molecule has 0 fully saturated rings. The standard InChI is InChI=1S/C21H21FN4O2S3/c1-3-17(19(28)24-20-25-21(26-31-20)29-4-2)30-14-9-7-8-13(12-14)23-18(27)15-10-5-6-11-16(15)22/h5-12,17H,3-4H2,1-2H3,(H,23,27)(H,24,25,26,28). The number of amides is 2. The summed E-state index contributed by atoms with van der Waals surface area (Å²) in [5.41, 5.74) is 0.503. The highest BCUT2D eigenvalue weighted by Gasteiger charge is 2.20. The Labute approximate surface area is 192 Å². The van der Waals surface area contributed by atoms with Gasteiger partial charge in [0.1, 0.15) is 5.82 Å². The fourth-order valence-corrected chi connectivity index (χ4v) is 4.90. The summed E-state index contributed by atoms with van der Waals surface area (Å²) in [5, 5.41) is 6.32. The monoisotopic (exact) mass is 476 g/mol. The number of rotatable bonds is 9. The molecule has 0 aliphatic carbocycles. The molecule has 3 rings (SSSR count). The van der Waals surface area contributed by atoms with E-state index in [9.17, 15) is 14.0 Å². The van der Waals surface area contributed by atoms with E-state index in [4.69, 9.17) is 0 Å². The van der Waals surface area contributed by atoms with Crippen molar-refractivity contribution in [3.05, 3.63) is 59.9 Å². The van der Waals surface area contributed by atoms with Crippen LogP contribution in [0.25, 0.3) is 0 Å². The van der Waals surface area contributed by atoms with E-state index in [-0.39, 0.29) is 16.7 Å². The van der Waals surface area contributed by atoms with Gasteiger partial charge in [-0.1, -0.05) is 43.8 Å². The normalized spacial score (nSPS) is 11.7. The zero-order valence-corrected chi connectivity index (χ0v) is 19.4. The highest BCUT2D eigenvalue weighted by Crippen LogP contribution is 2.29. The van der Waals surface area contributed by atoms with Crippen LogP contribution in [-0.4, -0.2) is 32.2 Å². The van der Waals surface area contributed by atoms with E-state index in [2.05, 4.69) is 20.0 Å². The van der Waals surface area contributed by atoms with E-state index >= 15 is 0 Å². The van der Waals surface area contributed by atoms with E-state index in [1.54, 1.807) is 24.3 Å². The third kappa shape index (κ3) is 6.52. The van der Waals surface area contributed by atoms with Gasteiger partial charge in [0.15, 0.2) is 0 Å². The molecule has 1 aromatic heterocycles. The Morgan fingerprint density at radius 1 is 1.13 bits per heavy atom. The minimum absolute atomic E-state index is 0.0240. The van der Waals surface area contributed by atoms with E-state index in [0.717, 1.165) is 22.2 Å². The number of benzene rings is 2. The minimum Gasteiger partial charge on any atom is -0.322 e. The third-order valence-electron chi connectivity index (χ3n) is 4.06. The Balaban J connectivity index is 1.64. The van der Waals surface area contributed by atoms with Crippen molar-refractivity contribution in [2.24, 2.45) is 0 Å². The van der Waals surface area contributed by atoms with Crippen molar-refractivity contribution in [1.82, 2.24) is 9.36 Å². The van der Waals surface area contributed by atoms with Gasteiger partial charge in [-0.15, -0.1) is 11.8 Å². The van der Waals surface area contributed by atoms with Crippen LogP contribution < -0.4 is 10.6 Å². The van der Waals surface area contributed by atoms with Crippen LogP contribution in [0.4, 0.5) is 15.2 Å². The van der Waals surface area contributed by atoms with E-state index in [1.807, 2.05) is 19.9 Å². The zero-order chi connectivity index (χ0) is 22.2. The summed E-state index contributed by atoms with van der Waals surface area (Å²) in [5.74, 6) is -0.397. The molecule has 2 aromatic carbocycles. The van der Waals surface area contributed by atoms with Crippen LogP contribution in [0, 0.1) is 5.82 Å². The van der Waals surface area contributed by atoms with Crippen molar-refractivity contribution in [2.45, 2.75) is 35.6 Å². The number of hydrogen-bond donors (Lipinski definition) is 2. The topological polar surface area (TPSA) is 84.0 Å². The van der Waals surface area contributed by atoms with Crippen LogP contribution in [0.1, 0.15) is 30.6 Å². The van der Waals surface area contributed by atoms with Gasteiger partial charge >= 0.3 is 0 Å². The molecule has 0 radical (unpaired) electrons. The second-order valence-corrected chi connectivity index (χ2v) is 9.54. The average Bonchev–Trinajstić information content (AvgIpc) is 3.19. The van der Waals surface area contributed by atoms with Gasteiger partial charge in [-0.25, -0.2) is 4.39 Å². The molecule has 0 saturated heterocycles. The summed E-state index contributed by atoms with van der Waals surface area (Å²) in [4.78, 5) is 30.1. The van der Waals surface area contributed by atoms with Gasteiger partial charge in [-0.3, -0.25) is 14.9 Å². The second kappa shape index (κ2) is 11.3. The number of thioether (sulfide) groups is 2. The number of carbonyl (C=O) groups excluding carboxylic acids is 2. The molecule has 1 unspecified atom stereocenters. The van der Waals surface area contributed by atoms with E-state index in [0.29, 0.717) is 22.4 Å². The Morgan fingerprint density at radius 3 is 2.68 bits per heavy atom. The number of carbonyl (C=O) groups is 2. The molecule has 0 saturated carbocycles. The Morgan fingerprint density at radius 2 is 1.94 bits per heavy atom. The fourth-order valence-electron chi connectivity index (χ4n) is 2.61. The van der Waals surface area contributed by atoms with Gasteiger partial charge in [0.2, 0.25) is 16.2 Å². The van der Waals surface area contributed by atoms with Crippen LogP contribution in [-0.2, 0) is 4.79 Å². The second-order valence-electron chi connectivity index (χ2n) is 6.28. The molecule has 1 heterocycles. The van der Waals surface area contributed by atoms with Gasteiger partial charge in [0.25, 0.3) is 5.91 Å². The quantitative estimate of drug-likeness (QED) is 0.394. The van der Waals surface area contributed by atoms with Crippen molar-refractivity contribution in [1.29, 1.82) is 0 Å². The van der Waals surface area contributed by atoms with Crippen LogP contribution in [0.2, 0.25) is 0 Å². The number of nitrogens with zero attached hydrogens (tertiary/aromatic N) is 2. The van der Waals surface area contributed by atoms with E-state index < -0.39 is 11.7 Å². The number of aromatic nitrogens is 2. The molecule has 162 valence electrons. The zero-order valence-electron chi connectivity index (χ0n) is 16.9. The number of nitrogens with one attached hydrogen (secondary N) is 2. The lowest BCUT2D eigenvalue weighted by atomic mass is 10.2. The predicted molar refractivity (Wildman–Crippen MR) is 126 cm³/mol. The van der Waals surface area contributed by atoms with E-state index in [1.165, 1.54) is 41.7 Å². The van der Waals surface area contributed by atoms with Crippen molar-refractivity contribution in [3.63, 3.8) is 0 Å². The lowest BCUT2D eigenvalue weighted by Crippen LogP contribution is -2.24. The molecule has 0 bridgehead atoms. The van der Waals surface area contributed by atoms with Gasteiger partial charge < -0.3 is 5.32 Å². The highest BCUT2D eigenvalue weighted by atomic mass is 32.2. The molecule has 0 spiro atoms. The first-order valence-electron chi connectivity index (χ1n) is 9.60. The molecule has 3 aromatic rings. The molecule has 2 N–H and O–H groups in total. The maximum absolute atomic E-state index is 13.8. The highest BCUT2D eigenvalue weighted by molar-refractivity contribution is 8.00. The van der Waals surface area contributed by atoms with Crippen LogP contribution in [0.15, 0.2) is 58.6 Å². The smallest absolute Gasteiger partial charge is 0.258 e. The van der Waals surface area contributed by atoms with Crippen molar-refractivity contribution in [3.8, 4) is 0 Å². The number of halogens is 1. The Kier molecular flexibility index (Phi) is 8.44. The molecule has 2 amide bonds. The fraction of sp³-hybridized carbons (Fsp3) is 0.238. The van der Waals surface area contributed by atoms with Crippen LogP contribution in [0.5, 0.6) is 0 Å². The summed E-state index contributed by atoms with van der Waals surface area (Å²) in [6.45, 7) is 3.94. The SMILES string of the molecule is CCSc1nsc(NC(=O)C(CC)Sc2cccc(NC(=O)c3ccccc3F)c2)n1. The molecule has 0 aliphatic heterocycles. The molecule has 0 aliphatic rings. The summed E-state index contributed by atoms with van der Waals surface area (Å²) < 4.78 is 18.0. The van der Waals surface area contributed by atoms with Crippen molar-refractivity contribution < 1.29 is 14.0 Å².